The normalized spacial score (nSPS) is 11.6. The maximum Gasteiger partial charge on any atom is 0.241 e. The Hall–Kier alpha value is -1.21. The molecule has 0 fully saturated rings. The lowest BCUT2D eigenvalue weighted by Crippen LogP contribution is -2.26. The first-order valence-corrected chi connectivity index (χ1v) is 9.64. The largest absolute Gasteiger partial charge is 0.377 e. The Kier molecular flexibility index (Phi) is 6.77. The molecule has 2 rings (SSSR count). The van der Waals surface area contributed by atoms with Crippen LogP contribution in [0.5, 0.6) is 0 Å². The van der Waals surface area contributed by atoms with E-state index in [-0.39, 0.29) is 4.90 Å². The second-order valence-corrected chi connectivity index (χ2v) is 7.81. The number of benzene rings is 2. The smallest absolute Gasteiger partial charge is 0.241 e. The third-order valence-electron chi connectivity index (χ3n) is 3.25. The lowest BCUT2D eigenvalue weighted by atomic mass is 10.2. The number of halogens is 1. The molecular weight excluding hydrogens is 378 g/mol. The van der Waals surface area contributed by atoms with Crippen LogP contribution in [0.15, 0.2) is 57.9 Å². The van der Waals surface area contributed by atoms with Gasteiger partial charge < -0.3 is 4.74 Å². The van der Waals surface area contributed by atoms with Crippen molar-refractivity contribution in [2.75, 3.05) is 13.2 Å². The van der Waals surface area contributed by atoms with Gasteiger partial charge in [0.15, 0.2) is 0 Å². The summed E-state index contributed by atoms with van der Waals surface area (Å²) in [6, 6.07) is 15.1. The molecule has 0 atom stereocenters. The maximum atomic E-state index is 12.2. The summed E-state index contributed by atoms with van der Waals surface area (Å²) < 4.78 is 33.2. The fraction of sp³-hybridized carbons (Fsp3) is 0.294. The Balaban J connectivity index is 1.75. The van der Waals surface area contributed by atoms with Crippen LogP contribution in [0.1, 0.15) is 17.5 Å². The average Bonchev–Trinajstić information content (AvgIpc) is 2.51. The number of hydrogen-bond acceptors (Lipinski definition) is 3. The van der Waals surface area contributed by atoms with Crippen LogP contribution < -0.4 is 4.72 Å². The summed E-state index contributed by atoms with van der Waals surface area (Å²) in [5.41, 5.74) is 2.11. The summed E-state index contributed by atoms with van der Waals surface area (Å²) in [6.07, 6.45) is 0.621. The summed E-state index contributed by atoms with van der Waals surface area (Å²) in [5, 5.41) is 0. The van der Waals surface area contributed by atoms with E-state index in [1.807, 2.05) is 37.3 Å². The molecule has 6 heteroatoms. The minimum absolute atomic E-state index is 0.258. The number of rotatable bonds is 8. The predicted octanol–water partition coefficient (Wildman–Crippen LogP) is 3.64. The van der Waals surface area contributed by atoms with E-state index >= 15 is 0 Å². The molecule has 0 saturated heterocycles. The van der Waals surface area contributed by atoms with Gasteiger partial charge in [-0.05, 0) is 52.5 Å². The topological polar surface area (TPSA) is 55.4 Å². The number of ether oxygens (including phenoxy) is 1. The third-order valence-corrected chi connectivity index (χ3v) is 5.68. The Morgan fingerprint density at radius 1 is 1.13 bits per heavy atom. The molecule has 0 amide bonds. The van der Waals surface area contributed by atoms with Crippen molar-refractivity contribution in [3.05, 3.63) is 64.1 Å². The zero-order valence-corrected chi connectivity index (χ0v) is 15.4. The fourth-order valence-electron chi connectivity index (χ4n) is 2.05. The van der Waals surface area contributed by atoms with Gasteiger partial charge in [-0.2, -0.15) is 0 Å². The highest BCUT2D eigenvalue weighted by molar-refractivity contribution is 9.10. The Morgan fingerprint density at radius 2 is 1.87 bits per heavy atom. The molecule has 23 heavy (non-hydrogen) atoms. The molecule has 0 radical (unpaired) electrons. The molecule has 0 aliphatic heterocycles. The van der Waals surface area contributed by atoms with E-state index in [0.717, 1.165) is 11.1 Å². The molecule has 1 N–H and O–H groups in total. The standard InChI is InChI=1S/C17H20BrNO3S/c1-14-8-9-17(16(18)12-14)23(20,21)19-10-5-11-22-13-15-6-3-2-4-7-15/h2-4,6-9,12,19H,5,10-11,13H2,1H3. The van der Waals surface area contributed by atoms with Crippen molar-refractivity contribution in [2.24, 2.45) is 0 Å². The van der Waals surface area contributed by atoms with Crippen molar-refractivity contribution in [2.45, 2.75) is 24.8 Å². The van der Waals surface area contributed by atoms with Crippen LogP contribution in [0.3, 0.4) is 0 Å². The van der Waals surface area contributed by atoms with Crippen molar-refractivity contribution in [3.8, 4) is 0 Å². The monoisotopic (exact) mass is 397 g/mol. The van der Waals surface area contributed by atoms with Crippen LogP contribution in [0.2, 0.25) is 0 Å². The van der Waals surface area contributed by atoms with Crippen LogP contribution >= 0.6 is 15.9 Å². The van der Waals surface area contributed by atoms with Gasteiger partial charge in [0.1, 0.15) is 0 Å². The Morgan fingerprint density at radius 3 is 2.57 bits per heavy atom. The SMILES string of the molecule is Cc1ccc(S(=O)(=O)NCCCOCc2ccccc2)c(Br)c1. The van der Waals surface area contributed by atoms with Crippen molar-refractivity contribution >= 4 is 26.0 Å². The van der Waals surface area contributed by atoms with Gasteiger partial charge in [-0.1, -0.05) is 36.4 Å². The third kappa shape index (κ3) is 5.73. The first-order chi connectivity index (χ1) is 11.0. The molecule has 4 nitrogen and oxygen atoms in total. The summed E-state index contributed by atoms with van der Waals surface area (Å²) in [6.45, 7) is 3.31. The van der Waals surface area contributed by atoms with Crippen molar-refractivity contribution in [1.29, 1.82) is 0 Å². The first kappa shape index (κ1) is 18.1. The number of nitrogens with one attached hydrogen (secondary N) is 1. The summed E-state index contributed by atoms with van der Waals surface area (Å²) in [7, 11) is -3.50. The van der Waals surface area contributed by atoms with E-state index < -0.39 is 10.0 Å². The second kappa shape index (κ2) is 8.59. The van der Waals surface area contributed by atoms with Gasteiger partial charge in [-0.25, -0.2) is 13.1 Å². The molecule has 0 aliphatic carbocycles. The van der Waals surface area contributed by atoms with Gasteiger partial charge in [0.05, 0.1) is 11.5 Å². The van der Waals surface area contributed by atoms with Crippen molar-refractivity contribution < 1.29 is 13.2 Å². The number of aryl methyl sites for hydroxylation is 1. The van der Waals surface area contributed by atoms with Gasteiger partial charge in [0.2, 0.25) is 10.0 Å². The van der Waals surface area contributed by atoms with Gasteiger partial charge >= 0.3 is 0 Å². The summed E-state index contributed by atoms with van der Waals surface area (Å²) in [5.74, 6) is 0. The molecule has 0 aliphatic rings. The van der Waals surface area contributed by atoms with Crippen LogP contribution in [-0.4, -0.2) is 21.6 Å². The molecular formula is C17H20BrNO3S. The molecule has 0 bridgehead atoms. The van der Waals surface area contributed by atoms with Gasteiger partial charge in [-0.3, -0.25) is 0 Å². The summed E-state index contributed by atoms with van der Waals surface area (Å²) in [4.78, 5) is 0.258. The lowest BCUT2D eigenvalue weighted by molar-refractivity contribution is 0.119. The van der Waals surface area contributed by atoms with Crippen molar-refractivity contribution in [3.63, 3.8) is 0 Å². The molecule has 0 heterocycles. The first-order valence-electron chi connectivity index (χ1n) is 7.36. The highest BCUT2D eigenvalue weighted by atomic mass is 79.9. The Bertz CT molecular complexity index is 733. The van der Waals surface area contributed by atoms with Crippen molar-refractivity contribution in [1.82, 2.24) is 4.72 Å². The molecule has 0 saturated carbocycles. The highest BCUT2D eigenvalue weighted by Crippen LogP contribution is 2.22. The zero-order chi connectivity index (χ0) is 16.7. The van der Waals surface area contributed by atoms with E-state index in [0.29, 0.717) is 30.7 Å². The van der Waals surface area contributed by atoms with Gasteiger partial charge in [0, 0.05) is 17.6 Å². The van der Waals surface area contributed by atoms with E-state index in [1.165, 1.54) is 0 Å². The number of sulfonamides is 1. The summed E-state index contributed by atoms with van der Waals surface area (Å²) >= 11 is 3.30. The molecule has 2 aromatic carbocycles. The molecule has 2 aromatic rings. The quantitative estimate of drug-likeness (QED) is 0.691. The van der Waals surface area contributed by atoms with E-state index in [1.54, 1.807) is 18.2 Å². The van der Waals surface area contributed by atoms with Crippen LogP contribution in [0, 0.1) is 6.92 Å². The van der Waals surface area contributed by atoms with E-state index in [9.17, 15) is 8.42 Å². The minimum Gasteiger partial charge on any atom is -0.377 e. The van der Waals surface area contributed by atoms with Gasteiger partial charge in [-0.15, -0.1) is 0 Å². The van der Waals surface area contributed by atoms with Crippen LogP contribution in [-0.2, 0) is 21.4 Å². The van der Waals surface area contributed by atoms with E-state index in [2.05, 4.69) is 20.7 Å². The van der Waals surface area contributed by atoms with E-state index in [4.69, 9.17) is 4.74 Å². The second-order valence-electron chi connectivity index (χ2n) is 5.22. The van der Waals surface area contributed by atoms with Crippen LogP contribution in [0.25, 0.3) is 0 Å². The molecule has 0 aromatic heterocycles. The zero-order valence-electron chi connectivity index (χ0n) is 13.0. The molecule has 0 spiro atoms. The predicted molar refractivity (Wildman–Crippen MR) is 94.8 cm³/mol. The molecule has 124 valence electrons. The molecule has 0 unspecified atom stereocenters. The maximum absolute atomic E-state index is 12.2. The average molecular weight is 398 g/mol. The lowest BCUT2D eigenvalue weighted by Gasteiger charge is -2.09. The highest BCUT2D eigenvalue weighted by Gasteiger charge is 2.16. The Labute approximate surface area is 146 Å². The fourth-order valence-corrected chi connectivity index (χ4v) is 4.31. The minimum atomic E-state index is -3.50. The number of hydrogen-bond donors (Lipinski definition) is 1. The van der Waals surface area contributed by atoms with Crippen LogP contribution in [0.4, 0.5) is 0 Å². The van der Waals surface area contributed by atoms with Gasteiger partial charge in [0.25, 0.3) is 0 Å².